The third kappa shape index (κ3) is 4.29. The Kier molecular flexibility index (Phi) is 5.87. The highest BCUT2D eigenvalue weighted by Crippen LogP contribution is 2.49. The molecule has 0 spiro atoms. The van der Waals surface area contributed by atoms with Gasteiger partial charge in [0.1, 0.15) is 11.3 Å². The summed E-state index contributed by atoms with van der Waals surface area (Å²) in [5, 5.41) is 2.80. The molecule has 2 atom stereocenters. The van der Waals surface area contributed by atoms with Crippen molar-refractivity contribution in [1.82, 2.24) is 5.32 Å². The Morgan fingerprint density at radius 1 is 1.31 bits per heavy atom. The lowest BCUT2D eigenvalue weighted by atomic mass is 9.54. The molecule has 0 radical (unpaired) electrons. The van der Waals surface area contributed by atoms with Crippen LogP contribution in [0.1, 0.15) is 32.8 Å². The van der Waals surface area contributed by atoms with Crippen LogP contribution in [0.3, 0.4) is 0 Å². The smallest absolute Gasteiger partial charge is 0.422 e. The molecule has 1 aromatic rings. The van der Waals surface area contributed by atoms with Crippen molar-refractivity contribution in [2.45, 2.75) is 51.6 Å². The number of benzene rings is 1. The number of hydrogen-bond donors (Lipinski definition) is 2. The lowest BCUT2D eigenvalue weighted by Crippen LogP contribution is -2.75. The normalized spacial score (nSPS) is 24.7. The number of hydrogen-bond acceptors (Lipinski definition) is 4. The molecule has 1 amide bonds. The van der Waals surface area contributed by atoms with Crippen LogP contribution >= 0.6 is 0 Å². The van der Waals surface area contributed by atoms with Crippen molar-refractivity contribution in [3.63, 3.8) is 0 Å². The molecule has 8 heteroatoms. The van der Waals surface area contributed by atoms with E-state index in [0.29, 0.717) is 13.0 Å². The van der Waals surface area contributed by atoms with Gasteiger partial charge in [0.25, 0.3) is 0 Å². The summed E-state index contributed by atoms with van der Waals surface area (Å²) in [7, 11) is 0. The fourth-order valence-corrected chi connectivity index (χ4v) is 3.03. The summed E-state index contributed by atoms with van der Waals surface area (Å²) in [6.07, 6.45) is -3.99. The minimum absolute atomic E-state index is 0.0617. The highest BCUT2D eigenvalue weighted by atomic mass is 19.4. The molecule has 1 saturated carbocycles. The van der Waals surface area contributed by atoms with Crippen LogP contribution in [0.15, 0.2) is 24.3 Å². The van der Waals surface area contributed by atoms with Crippen LogP contribution in [0.4, 0.5) is 13.2 Å². The molecule has 0 heterocycles. The third-order valence-electron chi connectivity index (χ3n) is 5.01. The molecule has 1 aliphatic carbocycles. The van der Waals surface area contributed by atoms with Crippen LogP contribution in [0, 0.1) is 5.41 Å². The Labute approximate surface area is 151 Å². The summed E-state index contributed by atoms with van der Waals surface area (Å²) >= 11 is 0. The Morgan fingerprint density at radius 3 is 2.42 bits per heavy atom. The maximum atomic E-state index is 12.5. The highest BCUT2D eigenvalue weighted by molar-refractivity contribution is 5.88. The van der Waals surface area contributed by atoms with E-state index in [4.69, 9.17) is 10.5 Å². The van der Waals surface area contributed by atoms with Gasteiger partial charge in [-0.3, -0.25) is 4.79 Å². The van der Waals surface area contributed by atoms with Gasteiger partial charge in [-0.05, 0) is 24.6 Å². The van der Waals surface area contributed by atoms with E-state index in [1.807, 2.05) is 20.8 Å². The van der Waals surface area contributed by atoms with E-state index in [9.17, 15) is 18.0 Å². The number of rotatable bonds is 7. The van der Waals surface area contributed by atoms with E-state index < -0.39 is 23.7 Å². The Morgan fingerprint density at radius 2 is 1.92 bits per heavy atom. The zero-order chi connectivity index (χ0) is 19.6. The minimum atomic E-state index is -4.38. The number of nitrogens with one attached hydrogen (secondary N) is 1. The number of nitrogens with two attached hydrogens (primary N) is 1. The molecule has 0 aliphatic heterocycles. The molecule has 1 aliphatic rings. The molecule has 0 saturated heterocycles. The molecule has 146 valence electrons. The molecule has 1 aromatic carbocycles. The van der Waals surface area contributed by atoms with Gasteiger partial charge in [-0.25, -0.2) is 0 Å². The fraction of sp³-hybridized carbons (Fsp3) is 0.611. The fourth-order valence-electron chi connectivity index (χ4n) is 3.03. The van der Waals surface area contributed by atoms with Crippen LogP contribution in [0.2, 0.25) is 0 Å². The van der Waals surface area contributed by atoms with Gasteiger partial charge in [-0.1, -0.05) is 26.0 Å². The molecule has 1 fully saturated rings. The van der Waals surface area contributed by atoms with Crippen molar-refractivity contribution in [3.8, 4) is 5.75 Å². The first-order chi connectivity index (χ1) is 12.0. The van der Waals surface area contributed by atoms with Crippen molar-refractivity contribution in [1.29, 1.82) is 0 Å². The molecule has 2 unspecified atom stereocenters. The van der Waals surface area contributed by atoms with Crippen LogP contribution in [0.5, 0.6) is 5.75 Å². The van der Waals surface area contributed by atoms with Gasteiger partial charge in [0, 0.05) is 25.0 Å². The first-order valence-electron chi connectivity index (χ1n) is 8.47. The number of ether oxygens (including phenoxy) is 2. The molecule has 3 N–H and O–H groups in total. The summed E-state index contributed by atoms with van der Waals surface area (Å²) in [6.45, 7) is 5.16. The van der Waals surface area contributed by atoms with Gasteiger partial charge in [0.15, 0.2) is 6.61 Å². The van der Waals surface area contributed by atoms with Crippen LogP contribution in [-0.4, -0.2) is 36.9 Å². The number of halogens is 3. The van der Waals surface area contributed by atoms with Crippen molar-refractivity contribution >= 4 is 5.91 Å². The number of carbonyl (C=O) groups excluding carboxylic acids is 1. The zero-order valence-electron chi connectivity index (χ0n) is 15.2. The van der Waals surface area contributed by atoms with Gasteiger partial charge < -0.3 is 20.5 Å². The Bertz CT molecular complexity index is 632. The maximum absolute atomic E-state index is 12.5. The molecule has 0 bridgehead atoms. The maximum Gasteiger partial charge on any atom is 0.422 e. The molecular weight excluding hydrogens is 349 g/mol. The van der Waals surface area contributed by atoms with E-state index in [2.05, 4.69) is 10.1 Å². The number of alkyl halides is 3. The van der Waals surface area contributed by atoms with E-state index >= 15 is 0 Å². The average molecular weight is 374 g/mol. The third-order valence-corrected chi connectivity index (χ3v) is 5.01. The predicted molar refractivity (Wildman–Crippen MR) is 90.6 cm³/mol. The monoisotopic (exact) mass is 374 g/mol. The topological polar surface area (TPSA) is 73.6 Å². The minimum Gasteiger partial charge on any atom is -0.484 e. The summed E-state index contributed by atoms with van der Waals surface area (Å²) < 4.78 is 46.6. The summed E-state index contributed by atoms with van der Waals surface area (Å²) in [5.41, 5.74) is 5.54. The molecular formula is C18H25F3N2O3. The number of carbonyl (C=O) groups is 1. The van der Waals surface area contributed by atoms with Gasteiger partial charge in [0.2, 0.25) is 5.91 Å². The molecule has 5 nitrogen and oxygen atoms in total. The zero-order valence-corrected chi connectivity index (χ0v) is 15.2. The predicted octanol–water partition coefficient (Wildman–Crippen LogP) is 2.78. The standard InChI is InChI=1S/C18H25F3N2O3/c1-4-25-14-9-17(22,16(14,2)3)15(24)23-10-12-5-7-13(8-6-12)26-11-18(19,20)21/h5-8,14H,4,9-11,22H2,1-3H3,(H,23,24). The molecule has 26 heavy (non-hydrogen) atoms. The van der Waals surface area contributed by atoms with E-state index in [1.54, 1.807) is 12.1 Å². The highest BCUT2D eigenvalue weighted by Gasteiger charge is 2.62. The first kappa shape index (κ1) is 20.5. The van der Waals surface area contributed by atoms with Crippen molar-refractivity contribution in [2.24, 2.45) is 11.1 Å². The van der Waals surface area contributed by atoms with Crippen LogP contribution in [0.25, 0.3) is 0 Å². The van der Waals surface area contributed by atoms with Gasteiger partial charge >= 0.3 is 6.18 Å². The van der Waals surface area contributed by atoms with E-state index in [0.717, 1.165) is 5.56 Å². The van der Waals surface area contributed by atoms with Crippen molar-refractivity contribution in [3.05, 3.63) is 29.8 Å². The van der Waals surface area contributed by atoms with Gasteiger partial charge in [-0.2, -0.15) is 13.2 Å². The molecule has 0 aromatic heterocycles. The lowest BCUT2D eigenvalue weighted by Gasteiger charge is -2.57. The summed E-state index contributed by atoms with van der Waals surface area (Å²) in [4.78, 5) is 12.5. The summed E-state index contributed by atoms with van der Waals surface area (Å²) in [6, 6.07) is 6.07. The van der Waals surface area contributed by atoms with Crippen LogP contribution in [-0.2, 0) is 16.1 Å². The molecule has 2 rings (SSSR count). The van der Waals surface area contributed by atoms with E-state index in [-0.39, 0.29) is 24.3 Å². The van der Waals surface area contributed by atoms with Crippen molar-refractivity contribution < 1.29 is 27.4 Å². The van der Waals surface area contributed by atoms with Crippen molar-refractivity contribution in [2.75, 3.05) is 13.2 Å². The quantitative estimate of drug-likeness (QED) is 0.770. The average Bonchev–Trinajstić information content (AvgIpc) is 2.57. The number of amides is 1. The second-order valence-corrected chi connectivity index (χ2v) is 7.07. The Balaban J connectivity index is 1.88. The lowest BCUT2D eigenvalue weighted by molar-refractivity contribution is -0.170. The Hall–Kier alpha value is -1.80. The SMILES string of the molecule is CCOC1CC(N)(C(=O)NCc2ccc(OCC(F)(F)F)cc2)C1(C)C. The summed E-state index contributed by atoms with van der Waals surface area (Å²) in [5.74, 6) is -0.150. The van der Waals surface area contributed by atoms with E-state index in [1.165, 1.54) is 12.1 Å². The largest absolute Gasteiger partial charge is 0.484 e. The van der Waals surface area contributed by atoms with Gasteiger partial charge in [-0.15, -0.1) is 0 Å². The van der Waals surface area contributed by atoms with Crippen LogP contribution < -0.4 is 15.8 Å². The second-order valence-electron chi connectivity index (χ2n) is 7.07. The second kappa shape index (κ2) is 7.44. The van der Waals surface area contributed by atoms with Gasteiger partial charge in [0.05, 0.1) is 6.10 Å². The first-order valence-corrected chi connectivity index (χ1v) is 8.47.